The van der Waals surface area contributed by atoms with Crippen LogP contribution in [0.5, 0.6) is 0 Å². The van der Waals surface area contributed by atoms with E-state index in [0.29, 0.717) is 44.8 Å². The van der Waals surface area contributed by atoms with Gasteiger partial charge in [-0.1, -0.05) is 6.07 Å². The van der Waals surface area contributed by atoms with Gasteiger partial charge in [-0.15, -0.1) is 0 Å². The molecular formula is C22H28N4O3. The van der Waals surface area contributed by atoms with E-state index in [4.69, 9.17) is 4.74 Å². The van der Waals surface area contributed by atoms with E-state index < -0.39 is 0 Å². The van der Waals surface area contributed by atoms with E-state index >= 15 is 0 Å². The predicted octanol–water partition coefficient (Wildman–Crippen LogP) is 1.68. The molecule has 2 saturated heterocycles. The quantitative estimate of drug-likeness (QED) is 0.832. The highest BCUT2D eigenvalue weighted by Crippen LogP contribution is 2.25. The number of benzene rings is 1. The molecule has 0 spiro atoms. The van der Waals surface area contributed by atoms with Gasteiger partial charge in [0.15, 0.2) is 0 Å². The number of nitrogens with zero attached hydrogens (tertiary/aromatic N) is 3. The summed E-state index contributed by atoms with van der Waals surface area (Å²) in [5, 5.41) is 4.02. The summed E-state index contributed by atoms with van der Waals surface area (Å²) in [7, 11) is 2.06. The SMILES string of the molecule is CN1[C@@H](CC(=O)N2CCOCC2)CC[C@H]1CNC(=O)c1ccc2ncccc2c1. The molecule has 2 atom stereocenters. The highest BCUT2D eigenvalue weighted by Gasteiger charge is 2.33. The lowest BCUT2D eigenvalue weighted by Crippen LogP contribution is -2.45. The number of hydrogen-bond acceptors (Lipinski definition) is 5. The Hall–Kier alpha value is -2.51. The highest BCUT2D eigenvalue weighted by molar-refractivity contribution is 5.97. The Morgan fingerprint density at radius 1 is 1.17 bits per heavy atom. The Bertz CT molecular complexity index is 881. The smallest absolute Gasteiger partial charge is 0.251 e. The van der Waals surface area contributed by atoms with Crippen molar-refractivity contribution in [3.63, 3.8) is 0 Å². The van der Waals surface area contributed by atoms with Crippen LogP contribution in [0.4, 0.5) is 0 Å². The fraction of sp³-hybridized carbons (Fsp3) is 0.500. The molecule has 0 unspecified atom stereocenters. The van der Waals surface area contributed by atoms with E-state index in [2.05, 4.69) is 22.2 Å². The zero-order valence-corrected chi connectivity index (χ0v) is 16.8. The molecule has 2 amide bonds. The maximum Gasteiger partial charge on any atom is 0.251 e. The molecule has 2 aliphatic rings. The molecular weight excluding hydrogens is 368 g/mol. The number of aromatic nitrogens is 1. The first kappa shape index (κ1) is 19.8. The molecule has 0 bridgehead atoms. The van der Waals surface area contributed by atoms with Gasteiger partial charge in [0.05, 0.1) is 18.7 Å². The second kappa shape index (κ2) is 8.88. The first-order chi connectivity index (χ1) is 14.1. The average molecular weight is 396 g/mol. The van der Waals surface area contributed by atoms with Gasteiger partial charge in [0.1, 0.15) is 0 Å². The van der Waals surface area contributed by atoms with Crippen LogP contribution in [-0.4, -0.2) is 78.6 Å². The van der Waals surface area contributed by atoms with Gasteiger partial charge in [0.2, 0.25) is 5.91 Å². The second-order valence-corrected chi connectivity index (χ2v) is 7.87. The standard InChI is InChI=1S/C22H28N4O3/c1-25-18(14-21(27)26-9-11-29-12-10-26)5-6-19(25)15-24-22(28)17-4-7-20-16(13-17)3-2-8-23-20/h2-4,7-8,13,18-19H,5-6,9-12,14-15H2,1H3,(H,24,28)/t18-,19+/m1/s1. The van der Waals surface area contributed by atoms with Gasteiger partial charge in [-0.05, 0) is 44.2 Å². The van der Waals surface area contributed by atoms with Crippen molar-refractivity contribution in [3.8, 4) is 0 Å². The summed E-state index contributed by atoms with van der Waals surface area (Å²) in [5.41, 5.74) is 1.53. The van der Waals surface area contributed by atoms with Crippen molar-refractivity contribution in [2.24, 2.45) is 0 Å². The summed E-state index contributed by atoms with van der Waals surface area (Å²) in [4.78, 5) is 33.6. The number of pyridine rings is 1. The van der Waals surface area contributed by atoms with Crippen molar-refractivity contribution in [2.45, 2.75) is 31.3 Å². The van der Waals surface area contributed by atoms with E-state index in [1.807, 2.05) is 35.2 Å². The molecule has 1 N–H and O–H groups in total. The van der Waals surface area contributed by atoms with Crippen LogP contribution in [0.1, 0.15) is 29.6 Å². The number of likely N-dealkylation sites (N-methyl/N-ethyl adjacent to an activating group) is 1. The largest absolute Gasteiger partial charge is 0.378 e. The van der Waals surface area contributed by atoms with Crippen molar-refractivity contribution in [2.75, 3.05) is 39.9 Å². The molecule has 0 aliphatic carbocycles. The lowest BCUT2D eigenvalue weighted by molar-refractivity contribution is -0.136. The first-order valence-electron chi connectivity index (χ1n) is 10.3. The lowest BCUT2D eigenvalue weighted by Gasteiger charge is -2.30. The van der Waals surface area contributed by atoms with Crippen LogP contribution in [-0.2, 0) is 9.53 Å². The minimum Gasteiger partial charge on any atom is -0.378 e. The Balaban J connectivity index is 1.29. The Morgan fingerprint density at radius 3 is 2.79 bits per heavy atom. The summed E-state index contributed by atoms with van der Waals surface area (Å²) >= 11 is 0. The molecule has 4 rings (SSSR count). The molecule has 0 saturated carbocycles. The van der Waals surface area contributed by atoms with Gasteiger partial charge in [-0.2, -0.15) is 0 Å². The third-order valence-electron chi connectivity index (χ3n) is 6.12. The van der Waals surface area contributed by atoms with Crippen LogP contribution in [0.2, 0.25) is 0 Å². The molecule has 2 aromatic rings. The molecule has 7 nitrogen and oxygen atoms in total. The van der Waals surface area contributed by atoms with Crippen LogP contribution in [0.15, 0.2) is 36.5 Å². The molecule has 2 fully saturated rings. The molecule has 29 heavy (non-hydrogen) atoms. The van der Waals surface area contributed by atoms with Crippen molar-refractivity contribution in [1.82, 2.24) is 20.1 Å². The molecule has 7 heteroatoms. The maximum absolute atomic E-state index is 12.6. The van der Waals surface area contributed by atoms with Gasteiger partial charge in [-0.3, -0.25) is 19.5 Å². The number of nitrogens with one attached hydrogen (secondary N) is 1. The fourth-order valence-electron chi connectivity index (χ4n) is 4.26. The number of carbonyl (C=O) groups is 2. The van der Waals surface area contributed by atoms with Gasteiger partial charge in [0, 0.05) is 55.3 Å². The second-order valence-electron chi connectivity index (χ2n) is 7.87. The average Bonchev–Trinajstić information content (AvgIpc) is 3.11. The van der Waals surface area contributed by atoms with Crippen molar-refractivity contribution in [1.29, 1.82) is 0 Å². The zero-order valence-electron chi connectivity index (χ0n) is 16.8. The van der Waals surface area contributed by atoms with Crippen molar-refractivity contribution >= 4 is 22.7 Å². The van der Waals surface area contributed by atoms with Crippen LogP contribution in [0.3, 0.4) is 0 Å². The zero-order chi connectivity index (χ0) is 20.2. The number of carbonyl (C=O) groups excluding carboxylic acids is 2. The monoisotopic (exact) mass is 396 g/mol. The number of likely N-dealkylation sites (tertiary alicyclic amines) is 1. The topological polar surface area (TPSA) is 74.8 Å². The van der Waals surface area contributed by atoms with Crippen molar-refractivity contribution in [3.05, 3.63) is 42.1 Å². The van der Waals surface area contributed by atoms with Gasteiger partial charge >= 0.3 is 0 Å². The fourth-order valence-corrected chi connectivity index (χ4v) is 4.26. The molecule has 0 radical (unpaired) electrons. The molecule has 1 aromatic heterocycles. The minimum atomic E-state index is -0.0722. The van der Waals surface area contributed by atoms with Gasteiger partial charge in [-0.25, -0.2) is 0 Å². The van der Waals surface area contributed by atoms with E-state index in [1.54, 1.807) is 6.20 Å². The van der Waals surface area contributed by atoms with Gasteiger partial charge in [0.25, 0.3) is 5.91 Å². The van der Waals surface area contributed by atoms with Crippen LogP contribution >= 0.6 is 0 Å². The third-order valence-corrected chi connectivity index (χ3v) is 6.12. The molecule has 3 heterocycles. The van der Waals surface area contributed by atoms with Crippen LogP contribution < -0.4 is 5.32 Å². The summed E-state index contributed by atoms with van der Waals surface area (Å²) in [5.74, 6) is 0.136. The Morgan fingerprint density at radius 2 is 1.97 bits per heavy atom. The summed E-state index contributed by atoms with van der Waals surface area (Å²) in [6, 6.07) is 9.88. The number of amides is 2. The molecule has 154 valence electrons. The van der Waals surface area contributed by atoms with Gasteiger partial charge < -0.3 is 15.0 Å². The minimum absolute atomic E-state index is 0.0722. The Labute approximate surface area is 171 Å². The third kappa shape index (κ3) is 4.57. The summed E-state index contributed by atoms with van der Waals surface area (Å²) in [6.07, 6.45) is 4.26. The summed E-state index contributed by atoms with van der Waals surface area (Å²) < 4.78 is 5.32. The highest BCUT2D eigenvalue weighted by atomic mass is 16.5. The number of ether oxygens (including phenoxy) is 1. The normalized spacial score (nSPS) is 22.7. The molecule has 2 aliphatic heterocycles. The maximum atomic E-state index is 12.6. The number of morpholine rings is 1. The lowest BCUT2D eigenvalue weighted by atomic mass is 10.1. The number of hydrogen-bond donors (Lipinski definition) is 1. The van der Waals surface area contributed by atoms with E-state index in [0.717, 1.165) is 23.7 Å². The number of fused-ring (bicyclic) bond motifs is 1. The Kier molecular flexibility index (Phi) is 6.06. The van der Waals surface area contributed by atoms with Crippen molar-refractivity contribution < 1.29 is 14.3 Å². The van der Waals surface area contributed by atoms with E-state index in [-0.39, 0.29) is 23.9 Å². The van der Waals surface area contributed by atoms with E-state index in [1.165, 1.54) is 0 Å². The summed E-state index contributed by atoms with van der Waals surface area (Å²) in [6.45, 7) is 3.23. The number of rotatable bonds is 5. The van der Waals surface area contributed by atoms with Crippen LogP contribution in [0, 0.1) is 0 Å². The molecule has 1 aromatic carbocycles. The van der Waals surface area contributed by atoms with Crippen LogP contribution in [0.25, 0.3) is 10.9 Å². The first-order valence-corrected chi connectivity index (χ1v) is 10.3. The predicted molar refractivity (Wildman–Crippen MR) is 111 cm³/mol. The van der Waals surface area contributed by atoms with E-state index in [9.17, 15) is 9.59 Å².